The van der Waals surface area contributed by atoms with E-state index in [0.29, 0.717) is 11.8 Å². The summed E-state index contributed by atoms with van der Waals surface area (Å²) in [6, 6.07) is 0. The first-order valence-electron chi connectivity index (χ1n) is 5.70. The van der Waals surface area contributed by atoms with Crippen LogP contribution < -0.4 is 0 Å². The molecule has 2 fully saturated rings. The van der Waals surface area contributed by atoms with Gasteiger partial charge in [-0.25, -0.2) is 0 Å². The molecule has 15 heavy (non-hydrogen) atoms. The molecule has 0 spiro atoms. The molecule has 1 amide bonds. The average Bonchev–Trinajstić information content (AvgIpc) is 2.56. The SMILES string of the molecule is CC1C/C(=C2/C(=O)N(C)CC2C)N(C)C1. The predicted octanol–water partition coefficient (Wildman–Crippen LogP) is 1.32. The largest absolute Gasteiger partial charge is 0.377 e. The molecule has 0 N–H and O–H groups in total. The van der Waals surface area contributed by atoms with E-state index >= 15 is 0 Å². The second-order valence-corrected chi connectivity index (χ2v) is 5.14. The Hall–Kier alpha value is -0.990. The summed E-state index contributed by atoms with van der Waals surface area (Å²) >= 11 is 0. The number of carbonyl (C=O) groups is 1. The molecule has 0 aromatic heterocycles. The lowest BCUT2D eigenvalue weighted by molar-refractivity contribution is -0.123. The van der Waals surface area contributed by atoms with E-state index in [1.165, 1.54) is 5.70 Å². The van der Waals surface area contributed by atoms with E-state index in [1.54, 1.807) is 0 Å². The molecule has 2 aliphatic rings. The minimum Gasteiger partial charge on any atom is -0.377 e. The number of allylic oxidation sites excluding steroid dienone is 1. The monoisotopic (exact) mass is 208 g/mol. The van der Waals surface area contributed by atoms with Gasteiger partial charge in [0.05, 0.1) is 0 Å². The second-order valence-electron chi connectivity index (χ2n) is 5.14. The first kappa shape index (κ1) is 10.5. The van der Waals surface area contributed by atoms with Crippen LogP contribution in [0.2, 0.25) is 0 Å². The lowest BCUT2D eigenvalue weighted by Crippen LogP contribution is -2.21. The molecule has 84 valence electrons. The Morgan fingerprint density at radius 3 is 2.20 bits per heavy atom. The van der Waals surface area contributed by atoms with Crippen LogP contribution in [0, 0.1) is 11.8 Å². The highest BCUT2D eigenvalue weighted by molar-refractivity contribution is 5.96. The first-order valence-corrected chi connectivity index (χ1v) is 5.70. The van der Waals surface area contributed by atoms with Crippen LogP contribution in [0.15, 0.2) is 11.3 Å². The summed E-state index contributed by atoms with van der Waals surface area (Å²) in [5.41, 5.74) is 2.34. The molecule has 0 saturated carbocycles. The van der Waals surface area contributed by atoms with Crippen LogP contribution in [-0.4, -0.2) is 42.9 Å². The topological polar surface area (TPSA) is 23.6 Å². The van der Waals surface area contributed by atoms with Crippen molar-refractivity contribution in [3.8, 4) is 0 Å². The quantitative estimate of drug-likeness (QED) is 0.561. The fraction of sp³-hybridized carbons (Fsp3) is 0.750. The molecule has 2 aliphatic heterocycles. The molecule has 2 heterocycles. The fourth-order valence-electron chi connectivity index (χ4n) is 2.85. The van der Waals surface area contributed by atoms with Crippen molar-refractivity contribution in [3.63, 3.8) is 0 Å². The summed E-state index contributed by atoms with van der Waals surface area (Å²) in [6.45, 7) is 6.36. The van der Waals surface area contributed by atoms with Crippen molar-refractivity contribution < 1.29 is 4.79 Å². The maximum atomic E-state index is 12.0. The highest BCUT2D eigenvalue weighted by Gasteiger charge is 2.35. The minimum absolute atomic E-state index is 0.235. The number of rotatable bonds is 0. The van der Waals surface area contributed by atoms with Gasteiger partial charge in [-0.05, 0) is 12.3 Å². The lowest BCUT2D eigenvalue weighted by Gasteiger charge is -2.16. The van der Waals surface area contributed by atoms with Crippen molar-refractivity contribution in [2.75, 3.05) is 27.2 Å². The van der Waals surface area contributed by atoms with Crippen molar-refractivity contribution in [1.29, 1.82) is 0 Å². The number of nitrogens with zero attached hydrogens (tertiary/aromatic N) is 2. The van der Waals surface area contributed by atoms with Gasteiger partial charge in [0.25, 0.3) is 5.91 Å². The summed E-state index contributed by atoms with van der Waals surface area (Å²) in [5, 5.41) is 0. The first-order chi connectivity index (χ1) is 7.00. The van der Waals surface area contributed by atoms with E-state index in [1.807, 2.05) is 11.9 Å². The maximum Gasteiger partial charge on any atom is 0.251 e. The number of likely N-dealkylation sites (N-methyl/N-ethyl adjacent to an activating group) is 1. The van der Waals surface area contributed by atoms with Gasteiger partial charge in [-0.3, -0.25) is 4.79 Å². The van der Waals surface area contributed by atoms with Crippen molar-refractivity contribution in [2.24, 2.45) is 11.8 Å². The van der Waals surface area contributed by atoms with Crippen LogP contribution in [0.4, 0.5) is 0 Å². The zero-order valence-corrected chi connectivity index (χ0v) is 10.1. The summed E-state index contributed by atoms with van der Waals surface area (Å²) in [5.74, 6) is 1.31. The third-order valence-corrected chi connectivity index (χ3v) is 3.52. The zero-order valence-electron chi connectivity index (χ0n) is 10.1. The molecular formula is C12H20N2O. The van der Waals surface area contributed by atoms with Gasteiger partial charge in [0.2, 0.25) is 0 Å². The molecule has 2 unspecified atom stereocenters. The van der Waals surface area contributed by atoms with E-state index < -0.39 is 0 Å². The van der Waals surface area contributed by atoms with Crippen LogP contribution in [0.3, 0.4) is 0 Å². The Labute approximate surface area is 91.7 Å². The van der Waals surface area contributed by atoms with Crippen LogP contribution in [0.25, 0.3) is 0 Å². The van der Waals surface area contributed by atoms with Crippen molar-refractivity contribution in [1.82, 2.24) is 9.80 Å². The Balaban J connectivity index is 2.36. The van der Waals surface area contributed by atoms with E-state index in [9.17, 15) is 4.79 Å². The molecule has 0 aromatic carbocycles. The Kier molecular flexibility index (Phi) is 2.49. The third kappa shape index (κ3) is 1.64. The van der Waals surface area contributed by atoms with Gasteiger partial charge in [0, 0.05) is 44.4 Å². The van der Waals surface area contributed by atoms with E-state index in [2.05, 4.69) is 25.8 Å². The van der Waals surface area contributed by atoms with Gasteiger partial charge in [-0.2, -0.15) is 0 Å². The van der Waals surface area contributed by atoms with Gasteiger partial charge in [-0.1, -0.05) is 13.8 Å². The molecule has 0 aliphatic carbocycles. The van der Waals surface area contributed by atoms with Crippen LogP contribution in [0.5, 0.6) is 0 Å². The number of amides is 1. The predicted molar refractivity (Wildman–Crippen MR) is 60.2 cm³/mol. The average molecular weight is 208 g/mol. The van der Waals surface area contributed by atoms with Crippen LogP contribution in [-0.2, 0) is 4.79 Å². The lowest BCUT2D eigenvalue weighted by atomic mass is 9.99. The molecule has 0 bridgehead atoms. The fourth-order valence-corrected chi connectivity index (χ4v) is 2.85. The number of likely N-dealkylation sites (tertiary alicyclic amines) is 2. The van der Waals surface area contributed by atoms with E-state index in [0.717, 1.165) is 25.1 Å². The number of hydrogen-bond acceptors (Lipinski definition) is 2. The number of hydrogen-bond donors (Lipinski definition) is 0. The van der Waals surface area contributed by atoms with Crippen molar-refractivity contribution >= 4 is 5.91 Å². The Morgan fingerprint density at radius 2 is 1.80 bits per heavy atom. The van der Waals surface area contributed by atoms with Gasteiger partial charge < -0.3 is 9.80 Å². The highest BCUT2D eigenvalue weighted by Crippen LogP contribution is 2.34. The van der Waals surface area contributed by atoms with E-state index in [-0.39, 0.29) is 5.91 Å². The molecular weight excluding hydrogens is 188 g/mol. The second kappa shape index (κ2) is 3.54. The molecule has 0 aromatic rings. The Morgan fingerprint density at radius 1 is 1.13 bits per heavy atom. The normalized spacial score (nSPS) is 36.9. The van der Waals surface area contributed by atoms with Gasteiger partial charge >= 0.3 is 0 Å². The molecule has 2 saturated heterocycles. The van der Waals surface area contributed by atoms with Gasteiger partial charge in [0.15, 0.2) is 0 Å². The third-order valence-electron chi connectivity index (χ3n) is 3.52. The minimum atomic E-state index is 0.235. The molecule has 3 heteroatoms. The maximum absolute atomic E-state index is 12.0. The van der Waals surface area contributed by atoms with Crippen molar-refractivity contribution in [2.45, 2.75) is 20.3 Å². The van der Waals surface area contributed by atoms with E-state index in [4.69, 9.17) is 0 Å². The molecule has 2 atom stereocenters. The standard InChI is InChI=1S/C12H20N2O/c1-8-5-10(13(3)6-8)11-9(2)7-14(4)12(11)15/h8-9H,5-7H2,1-4H3/b11-10-. The van der Waals surface area contributed by atoms with Gasteiger partial charge in [-0.15, -0.1) is 0 Å². The smallest absolute Gasteiger partial charge is 0.251 e. The van der Waals surface area contributed by atoms with Crippen LogP contribution in [0.1, 0.15) is 20.3 Å². The molecule has 2 rings (SSSR count). The molecule has 3 nitrogen and oxygen atoms in total. The summed E-state index contributed by atoms with van der Waals surface area (Å²) < 4.78 is 0. The summed E-state index contributed by atoms with van der Waals surface area (Å²) in [4.78, 5) is 16.1. The summed E-state index contributed by atoms with van der Waals surface area (Å²) in [7, 11) is 3.99. The highest BCUT2D eigenvalue weighted by atomic mass is 16.2. The molecule has 0 radical (unpaired) electrons. The Bertz CT molecular complexity index is 322. The van der Waals surface area contributed by atoms with Crippen molar-refractivity contribution in [3.05, 3.63) is 11.3 Å². The van der Waals surface area contributed by atoms with Crippen LogP contribution >= 0.6 is 0 Å². The number of carbonyl (C=O) groups excluding carboxylic acids is 1. The zero-order chi connectivity index (χ0) is 11.2. The summed E-state index contributed by atoms with van der Waals surface area (Å²) in [6.07, 6.45) is 1.07. The van der Waals surface area contributed by atoms with Gasteiger partial charge in [0.1, 0.15) is 0 Å².